The zero-order valence-corrected chi connectivity index (χ0v) is 13.5. The van der Waals surface area contributed by atoms with Gasteiger partial charge in [0.05, 0.1) is 5.69 Å². The summed E-state index contributed by atoms with van der Waals surface area (Å²) in [5.41, 5.74) is -0.482. The van der Waals surface area contributed by atoms with E-state index in [0.29, 0.717) is 24.1 Å². The molecule has 24 heavy (non-hydrogen) atoms. The number of carbonyl (C=O) groups excluding carboxylic acids is 1. The van der Waals surface area contributed by atoms with Crippen molar-refractivity contribution < 1.29 is 18.0 Å². The summed E-state index contributed by atoms with van der Waals surface area (Å²) in [7, 11) is 0. The summed E-state index contributed by atoms with van der Waals surface area (Å²) in [4.78, 5) is 20.3. The van der Waals surface area contributed by atoms with Gasteiger partial charge in [-0.3, -0.25) is 4.79 Å². The first-order chi connectivity index (χ1) is 11.3. The zero-order valence-electron chi connectivity index (χ0n) is 13.5. The van der Waals surface area contributed by atoms with Gasteiger partial charge in [0, 0.05) is 12.6 Å². The molecule has 1 aromatic heterocycles. The second-order valence-electron chi connectivity index (χ2n) is 5.64. The molecule has 0 unspecified atom stereocenters. The Morgan fingerprint density at radius 3 is 2.54 bits per heavy atom. The first-order valence-electron chi connectivity index (χ1n) is 7.32. The Morgan fingerprint density at radius 2 is 1.88 bits per heavy atom. The summed E-state index contributed by atoms with van der Waals surface area (Å²) in [6, 6.07) is 3.08. The number of hydrogen-bond donors (Lipinski definition) is 2. The number of aryl methyl sites for hydroxylation is 1. The molecular formula is C16H17F3N4O. The lowest BCUT2D eigenvalue weighted by atomic mass is 10.2. The van der Waals surface area contributed by atoms with Crippen LogP contribution in [0.25, 0.3) is 0 Å². The standard InChI is InChI=1S/C16H17F3N4O/c1-8(2)7-20-13-6-12(21-9(3)22-13)16(24)23-11-5-4-10(17)14(18)15(11)19/h4-6,8H,7H2,1-3H3,(H,23,24)(H,20,21,22). The van der Waals surface area contributed by atoms with Gasteiger partial charge in [0.25, 0.3) is 5.91 Å². The summed E-state index contributed by atoms with van der Waals surface area (Å²) in [5, 5.41) is 5.23. The first-order valence-corrected chi connectivity index (χ1v) is 7.32. The molecule has 0 aliphatic heterocycles. The highest BCUT2D eigenvalue weighted by Gasteiger charge is 2.17. The highest BCUT2D eigenvalue weighted by molar-refractivity contribution is 6.03. The molecule has 0 radical (unpaired) electrons. The minimum absolute atomic E-state index is 0.0158. The van der Waals surface area contributed by atoms with Crippen LogP contribution in [0.5, 0.6) is 0 Å². The average Bonchev–Trinajstić information content (AvgIpc) is 2.53. The lowest BCUT2D eigenvalue weighted by Crippen LogP contribution is -2.18. The van der Waals surface area contributed by atoms with Crippen molar-refractivity contribution in [2.75, 3.05) is 17.2 Å². The Kier molecular flexibility index (Phi) is 5.38. The Balaban J connectivity index is 2.22. The summed E-state index contributed by atoms with van der Waals surface area (Å²) in [5.74, 6) is -4.03. The highest BCUT2D eigenvalue weighted by atomic mass is 19.2. The van der Waals surface area contributed by atoms with E-state index in [9.17, 15) is 18.0 Å². The maximum atomic E-state index is 13.6. The number of rotatable bonds is 5. The third-order valence-electron chi connectivity index (χ3n) is 3.05. The summed E-state index contributed by atoms with van der Waals surface area (Å²) >= 11 is 0. The molecule has 1 aromatic carbocycles. The summed E-state index contributed by atoms with van der Waals surface area (Å²) in [6.45, 7) is 6.28. The van der Waals surface area contributed by atoms with Gasteiger partial charge >= 0.3 is 0 Å². The van der Waals surface area contributed by atoms with E-state index >= 15 is 0 Å². The van der Waals surface area contributed by atoms with Crippen LogP contribution in [0.3, 0.4) is 0 Å². The molecule has 0 saturated heterocycles. The zero-order chi connectivity index (χ0) is 17.9. The number of nitrogens with zero attached hydrogens (tertiary/aromatic N) is 2. The molecule has 0 fully saturated rings. The fourth-order valence-electron chi connectivity index (χ4n) is 1.89. The summed E-state index contributed by atoms with van der Waals surface area (Å²) in [6.07, 6.45) is 0. The van der Waals surface area contributed by atoms with Gasteiger partial charge in [-0.25, -0.2) is 23.1 Å². The predicted octanol–water partition coefficient (Wildman–Crippen LogP) is 3.52. The van der Waals surface area contributed by atoms with Crippen LogP contribution >= 0.6 is 0 Å². The highest BCUT2D eigenvalue weighted by Crippen LogP contribution is 2.20. The maximum Gasteiger partial charge on any atom is 0.274 e. The fraction of sp³-hybridized carbons (Fsp3) is 0.312. The van der Waals surface area contributed by atoms with Crippen LogP contribution in [0, 0.1) is 30.3 Å². The third kappa shape index (κ3) is 4.21. The number of anilines is 2. The smallest absolute Gasteiger partial charge is 0.274 e. The van der Waals surface area contributed by atoms with E-state index in [1.165, 1.54) is 6.07 Å². The largest absolute Gasteiger partial charge is 0.370 e. The van der Waals surface area contributed by atoms with Gasteiger partial charge in [0.15, 0.2) is 17.5 Å². The van der Waals surface area contributed by atoms with Crippen molar-refractivity contribution in [3.05, 3.63) is 47.2 Å². The lowest BCUT2D eigenvalue weighted by Gasteiger charge is -2.11. The van der Waals surface area contributed by atoms with Crippen LogP contribution < -0.4 is 10.6 Å². The molecule has 1 amide bonds. The van der Waals surface area contributed by atoms with Crippen LogP contribution in [0.15, 0.2) is 18.2 Å². The molecule has 2 N–H and O–H groups in total. The van der Waals surface area contributed by atoms with Crippen molar-refractivity contribution in [2.24, 2.45) is 5.92 Å². The van der Waals surface area contributed by atoms with Crippen molar-refractivity contribution >= 4 is 17.4 Å². The van der Waals surface area contributed by atoms with Gasteiger partial charge < -0.3 is 10.6 Å². The molecule has 0 bridgehead atoms. The molecule has 8 heteroatoms. The quantitative estimate of drug-likeness (QED) is 0.819. The normalized spacial score (nSPS) is 10.8. The van der Waals surface area contributed by atoms with Crippen LogP contribution in [0.2, 0.25) is 0 Å². The molecule has 0 spiro atoms. The van der Waals surface area contributed by atoms with Gasteiger partial charge in [-0.15, -0.1) is 0 Å². The molecule has 5 nitrogen and oxygen atoms in total. The van der Waals surface area contributed by atoms with Crippen molar-refractivity contribution in [3.63, 3.8) is 0 Å². The lowest BCUT2D eigenvalue weighted by molar-refractivity contribution is 0.102. The molecule has 0 aliphatic carbocycles. The number of halogens is 3. The average molecular weight is 338 g/mol. The Labute approximate surface area is 137 Å². The maximum absolute atomic E-state index is 13.6. The second-order valence-corrected chi connectivity index (χ2v) is 5.64. The first kappa shape index (κ1) is 17.7. The number of amides is 1. The molecule has 0 aliphatic rings. The summed E-state index contributed by atoms with van der Waals surface area (Å²) < 4.78 is 39.8. The van der Waals surface area contributed by atoms with Crippen LogP contribution in [0.4, 0.5) is 24.7 Å². The second kappa shape index (κ2) is 7.29. The molecule has 2 aromatic rings. The van der Waals surface area contributed by atoms with E-state index in [1.54, 1.807) is 6.92 Å². The van der Waals surface area contributed by atoms with Crippen molar-refractivity contribution in [1.29, 1.82) is 0 Å². The Hall–Kier alpha value is -2.64. The molecule has 128 valence electrons. The minimum Gasteiger partial charge on any atom is -0.370 e. The van der Waals surface area contributed by atoms with Gasteiger partial charge in [0.2, 0.25) is 0 Å². The number of nitrogens with one attached hydrogen (secondary N) is 2. The predicted molar refractivity (Wildman–Crippen MR) is 84.4 cm³/mol. The molecule has 0 atom stereocenters. The molecule has 0 saturated carbocycles. The fourth-order valence-corrected chi connectivity index (χ4v) is 1.89. The van der Waals surface area contributed by atoms with Gasteiger partial charge in [-0.2, -0.15) is 0 Å². The SMILES string of the molecule is Cc1nc(NCC(C)C)cc(C(=O)Nc2ccc(F)c(F)c2F)n1. The Bertz CT molecular complexity index is 765. The topological polar surface area (TPSA) is 66.9 Å². The van der Waals surface area contributed by atoms with Crippen molar-refractivity contribution in [2.45, 2.75) is 20.8 Å². The van der Waals surface area contributed by atoms with Crippen molar-refractivity contribution in [1.82, 2.24) is 9.97 Å². The van der Waals surface area contributed by atoms with Gasteiger partial charge in [0.1, 0.15) is 17.3 Å². The minimum atomic E-state index is -1.65. The van der Waals surface area contributed by atoms with Crippen molar-refractivity contribution in [3.8, 4) is 0 Å². The van der Waals surface area contributed by atoms with Crippen LogP contribution in [-0.4, -0.2) is 22.4 Å². The van der Waals surface area contributed by atoms with Crippen LogP contribution in [-0.2, 0) is 0 Å². The van der Waals surface area contributed by atoms with Gasteiger partial charge in [-0.05, 0) is 25.0 Å². The van der Waals surface area contributed by atoms with E-state index in [-0.39, 0.29) is 5.69 Å². The van der Waals surface area contributed by atoms with E-state index in [2.05, 4.69) is 20.6 Å². The number of benzene rings is 1. The van der Waals surface area contributed by atoms with E-state index < -0.39 is 29.0 Å². The molecule has 1 heterocycles. The van der Waals surface area contributed by atoms with E-state index in [4.69, 9.17) is 0 Å². The third-order valence-corrected chi connectivity index (χ3v) is 3.05. The monoisotopic (exact) mass is 338 g/mol. The Morgan fingerprint density at radius 1 is 1.17 bits per heavy atom. The molecular weight excluding hydrogens is 321 g/mol. The molecule has 2 rings (SSSR count). The number of aromatic nitrogens is 2. The number of carbonyl (C=O) groups is 1. The van der Waals surface area contributed by atoms with Crippen LogP contribution in [0.1, 0.15) is 30.2 Å². The van der Waals surface area contributed by atoms with E-state index in [1.807, 2.05) is 13.8 Å². The van der Waals surface area contributed by atoms with E-state index in [0.717, 1.165) is 12.1 Å². The van der Waals surface area contributed by atoms with Gasteiger partial charge in [-0.1, -0.05) is 13.8 Å². The number of hydrogen-bond acceptors (Lipinski definition) is 4.